The Bertz CT molecular complexity index is 283. The number of aromatic amines is 1. The number of rotatable bonds is 0. The lowest BCUT2D eigenvalue weighted by Gasteiger charge is -1.81. The van der Waals surface area contributed by atoms with E-state index in [0.29, 0.717) is 0 Å². The minimum atomic E-state index is 1.09. The zero-order valence-corrected chi connectivity index (χ0v) is 6.41. The van der Waals surface area contributed by atoms with Gasteiger partial charge in [-0.25, -0.2) is 0 Å². The summed E-state index contributed by atoms with van der Waals surface area (Å²) in [7, 11) is 1.50. The van der Waals surface area contributed by atoms with Crippen LogP contribution in [0.25, 0.3) is 10.9 Å². The molecule has 1 heterocycles. The molecule has 0 radical (unpaired) electrons. The molecular weight excluding hydrogens is 138 g/mol. The first-order chi connectivity index (χ1) is 5.47. The number of hydrogen-bond donors (Lipinski definition) is 2. The zero-order chi connectivity index (χ0) is 8.10. The molecule has 0 saturated carbocycles. The third kappa shape index (κ3) is 1.56. The number of nitrogens with zero attached hydrogens (tertiary/aromatic N) is 1. The fourth-order valence-corrected chi connectivity index (χ4v) is 0.883. The van der Waals surface area contributed by atoms with Gasteiger partial charge in [-0.15, -0.1) is 0 Å². The van der Waals surface area contributed by atoms with Crippen LogP contribution < -0.4 is 5.73 Å². The van der Waals surface area contributed by atoms with Gasteiger partial charge in [-0.3, -0.25) is 5.10 Å². The molecule has 0 saturated heterocycles. The van der Waals surface area contributed by atoms with Crippen LogP contribution in [-0.2, 0) is 0 Å². The molecule has 1 aromatic carbocycles. The van der Waals surface area contributed by atoms with Crippen LogP contribution in [0.2, 0.25) is 0 Å². The number of nitrogens with two attached hydrogens (primary N) is 1. The maximum Gasteiger partial charge on any atom is 0.0650 e. The summed E-state index contributed by atoms with van der Waals surface area (Å²) >= 11 is 0. The Labute approximate surface area is 65.2 Å². The Kier molecular flexibility index (Phi) is 2.63. The smallest absolute Gasteiger partial charge is 0.0650 e. The second kappa shape index (κ2) is 3.73. The number of benzene rings is 1. The molecule has 0 atom stereocenters. The maximum absolute atomic E-state index is 4.50. The fraction of sp³-hybridized carbons (Fsp3) is 0.125. The minimum absolute atomic E-state index is 1.09. The first-order valence-corrected chi connectivity index (χ1v) is 3.43. The number of H-pyrrole nitrogens is 1. The van der Waals surface area contributed by atoms with Gasteiger partial charge in [0.25, 0.3) is 0 Å². The van der Waals surface area contributed by atoms with E-state index in [2.05, 4.69) is 15.9 Å². The van der Waals surface area contributed by atoms with Crippen LogP contribution in [-0.4, -0.2) is 17.2 Å². The lowest BCUT2D eigenvalue weighted by Crippen LogP contribution is -1.69. The molecule has 58 valence electrons. The summed E-state index contributed by atoms with van der Waals surface area (Å²) in [5, 5.41) is 7.91. The van der Waals surface area contributed by atoms with E-state index in [4.69, 9.17) is 0 Å². The van der Waals surface area contributed by atoms with Gasteiger partial charge in [0.15, 0.2) is 0 Å². The highest BCUT2D eigenvalue weighted by Crippen LogP contribution is 2.06. The van der Waals surface area contributed by atoms with E-state index in [1.807, 2.05) is 30.5 Å². The SMILES string of the molecule is CN.c1ccc2[nH]ncc2c1. The van der Waals surface area contributed by atoms with Crippen molar-refractivity contribution in [1.29, 1.82) is 0 Å². The van der Waals surface area contributed by atoms with Gasteiger partial charge in [0.1, 0.15) is 0 Å². The molecule has 2 rings (SSSR count). The van der Waals surface area contributed by atoms with Gasteiger partial charge in [-0.05, 0) is 13.1 Å². The van der Waals surface area contributed by atoms with Crippen molar-refractivity contribution >= 4 is 10.9 Å². The van der Waals surface area contributed by atoms with E-state index in [-0.39, 0.29) is 0 Å². The van der Waals surface area contributed by atoms with Crippen LogP contribution >= 0.6 is 0 Å². The van der Waals surface area contributed by atoms with Crippen molar-refractivity contribution < 1.29 is 0 Å². The van der Waals surface area contributed by atoms with Gasteiger partial charge < -0.3 is 5.73 Å². The van der Waals surface area contributed by atoms with E-state index in [0.717, 1.165) is 10.9 Å². The molecule has 0 fully saturated rings. The Morgan fingerprint density at radius 3 is 2.73 bits per heavy atom. The third-order valence-corrected chi connectivity index (χ3v) is 1.35. The second-order valence-corrected chi connectivity index (χ2v) is 1.96. The summed E-state index contributed by atoms with van der Waals surface area (Å²) in [6, 6.07) is 8.01. The van der Waals surface area contributed by atoms with Crippen molar-refractivity contribution in [2.75, 3.05) is 7.05 Å². The molecule has 0 unspecified atom stereocenters. The predicted octanol–water partition coefficient (Wildman–Crippen LogP) is 1.14. The summed E-state index contributed by atoms with van der Waals surface area (Å²) in [6.45, 7) is 0. The molecule has 0 aliphatic rings. The summed E-state index contributed by atoms with van der Waals surface area (Å²) in [5.74, 6) is 0. The van der Waals surface area contributed by atoms with Crippen molar-refractivity contribution in [3.8, 4) is 0 Å². The number of fused-ring (bicyclic) bond motifs is 1. The lowest BCUT2D eigenvalue weighted by atomic mass is 10.3. The van der Waals surface area contributed by atoms with Gasteiger partial charge in [0.2, 0.25) is 0 Å². The van der Waals surface area contributed by atoms with E-state index < -0.39 is 0 Å². The van der Waals surface area contributed by atoms with Crippen LogP contribution in [0.1, 0.15) is 0 Å². The monoisotopic (exact) mass is 149 g/mol. The molecular formula is C8H11N3. The minimum Gasteiger partial charge on any atom is -0.333 e. The van der Waals surface area contributed by atoms with Crippen LogP contribution in [0.4, 0.5) is 0 Å². The van der Waals surface area contributed by atoms with Gasteiger partial charge in [0.05, 0.1) is 11.7 Å². The van der Waals surface area contributed by atoms with Gasteiger partial charge >= 0.3 is 0 Å². The van der Waals surface area contributed by atoms with Gasteiger partial charge in [0, 0.05) is 5.39 Å². The third-order valence-electron chi connectivity index (χ3n) is 1.35. The Morgan fingerprint density at radius 2 is 2.00 bits per heavy atom. The number of aromatic nitrogens is 2. The molecule has 0 spiro atoms. The number of para-hydroxylation sites is 1. The standard InChI is InChI=1S/C7H6N2.CH5N/c1-2-4-7-6(3-1)5-8-9-7;1-2/h1-5H,(H,8,9);2H2,1H3. The summed E-state index contributed by atoms with van der Waals surface area (Å²) < 4.78 is 0. The second-order valence-electron chi connectivity index (χ2n) is 1.96. The molecule has 1 aromatic heterocycles. The fourth-order valence-electron chi connectivity index (χ4n) is 0.883. The van der Waals surface area contributed by atoms with Crippen LogP contribution in [0, 0.1) is 0 Å². The van der Waals surface area contributed by atoms with Crippen molar-refractivity contribution in [3.05, 3.63) is 30.5 Å². The van der Waals surface area contributed by atoms with E-state index in [1.54, 1.807) is 0 Å². The van der Waals surface area contributed by atoms with E-state index >= 15 is 0 Å². The molecule has 3 N–H and O–H groups in total. The van der Waals surface area contributed by atoms with E-state index in [9.17, 15) is 0 Å². The number of hydrogen-bond acceptors (Lipinski definition) is 2. The van der Waals surface area contributed by atoms with Gasteiger partial charge in [-0.1, -0.05) is 18.2 Å². The Hall–Kier alpha value is -1.35. The molecule has 0 aliphatic heterocycles. The van der Waals surface area contributed by atoms with Crippen LogP contribution in [0.3, 0.4) is 0 Å². The topological polar surface area (TPSA) is 54.7 Å². The molecule has 11 heavy (non-hydrogen) atoms. The normalized spacial score (nSPS) is 8.91. The summed E-state index contributed by atoms with van der Waals surface area (Å²) in [5.41, 5.74) is 5.59. The average molecular weight is 149 g/mol. The molecule has 0 aliphatic carbocycles. The summed E-state index contributed by atoms with van der Waals surface area (Å²) in [4.78, 5) is 0. The highest BCUT2D eigenvalue weighted by atomic mass is 15.1. The first-order valence-electron chi connectivity index (χ1n) is 3.43. The van der Waals surface area contributed by atoms with Crippen molar-refractivity contribution in [2.45, 2.75) is 0 Å². The molecule has 0 amide bonds. The predicted molar refractivity (Wildman–Crippen MR) is 46.2 cm³/mol. The Balaban J connectivity index is 0.000000281. The van der Waals surface area contributed by atoms with E-state index in [1.165, 1.54) is 7.05 Å². The van der Waals surface area contributed by atoms with Crippen molar-refractivity contribution in [3.63, 3.8) is 0 Å². The highest BCUT2D eigenvalue weighted by Gasteiger charge is 1.88. The van der Waals surface area contributed by atoms with Crippen LogP contribution in [0.15, 0.2) is 30.5 Å². The molecule has 2 aromatic rings. The largest absolute Gasteiger partial charge is 0.333 e. The van der Waals surface area contributed by atoms with Gasteiger partial charge in [-0.2, -0.15) is 5.10 Å². The van der Waals surface area contributed by atoms with Crippen molar-refractivity contribution in [1.82, 2.24) is 10.2 Å². The Morgan fingerprint density at radius 1 is 1.27 bits per heavy atom. The summed E-state index contributed by atoms with van der Waals surface area (Å²) in [6.07, 6.45) is 1.81. The average Bonchev–Trinajstić information content (AvgIpc) is 2.55. The molecule has 3 heteroatoms. The molecule has 3 nitrogen and oxygen atoms in total. The first kappa shape index (κ1) is 7.75. The van der Waals surface area contributed by atoms with Crippen molar-refractivity contribution in [2.24, 2.45) is 5.73 Å². The molecule has 0 bridgehead atoms. The maximum atomic E-state index is 4.50. The number of nitrogens with one attached hydrogen (secondary N) is 1. The highest BCUT2D eigenvalue weighted by molar-refractivity contribution is 5.77. The lowest BCUT2D eigenvalue weighted by molar-refractivity contribution is 1.12. The van der Waals surface area contributed by atoms with Crippen LogP contribution in [0.5, 0.6) is 0 Å². The zero-order valence-electron chi connectivity index (χ0n) is 6.41. The quantitative estimate of drug-likeness (QED) is 0.590.